The highest BCUT2D eigenvalue weighted by Crippen LogP contribution is 2.38. The van der Waals surface area contributed by atoms with E-state index in [-0.39, 0.29) is 12.3 Å². The summed E-state index contributed by atoms with van der Waals surface area (Å²) < 4.78 is 12.3. The minimum Gasteiger partial charge on any atom is -0.349 e. The van der Waals surface area contributed by atoms with Gasteiger partial charge in [0.2, 0.25) is 5.91 Å². The van der Waals surface area contributed by atoms with Gasteiger partial charge in [0.15, 0.2) is 0 Å². The van der Waals surface area contributed by atoms with E-state index in [1.54, 1.807) is 19.0 Å². The Balaban J connectivity index is 2.42. The highest BCUT2D eigenvalue weighted by atomic mass is 35.5. The van der Waals surface area contributed by atoms with Gasteiger partial charge in [-0.2, -0.15) is 0 Å². The van der Waals surface area contributed by atoms with Crippen molar-refractivity contribution >= 4 is 28.3 Å². The average Bonchev–Trinajstić information content (AvgIpc) is 2.61. The predicted octanol–water partition coefficient (Wildman–Crippen LogP) is 4.10. The van der Waals surface area contributed by atoms with Crippen molar-refractivity contribution in [3.8, 4) is 0 Å². The Morgan fingerprint density at radius 1 is 1.12 bits per heavy atom. The molecular formula is C20H24ClNO2S. The third kappa shape index (κ3) is 4.50. The lowest BCUT2D eigenvalue weighted by atomic mass is 9.80. The van der Waals surface area contributed by atoms with Gasteiger partial charge in [0, 0.05) is 30.8 Å². The zero-order chi connectivity index (χ0) is 18.6. The molecule has 0 fully saturated rings. The van der Waals surface area contributed by atoms with Crippen LogP contribution in [0.25, 0.3) is 0 Å². The van der Waals surface area contributed by atoms with Gasteiger partial charge in [0.05, 0.1) is 10.8 Å². The number of hydrogen-bond donors (Lipinski definition) is 0. The Labute approximate surface area is 157 Å². The van der Waals surface area contributed by atoms with Gasteiger partial charge in [0.25, 0.3) is 0 Å². The molecule has 0 aliphatic carbocycles. The van der Waals surface area contributed by atoms with Crippen LogP contribution in [0.1, 0.15) is 24.5 Å². The van der Waals surface area contributed by atoms with Crippen LogP contribution in [0.15, 0.2) is 59.5 Å². The monoisotopic (exact) mass is 377 g/mol. The Morgan fingerprint density at radius 3 is 2.20 bits per heavy atom. The third-order valence-corrected chi connectivity index (χ3v) is 6.99. The van der Waals surface area contributed by atoms with Crippen molar-refractivity contribution in [2.45, 2.75) is 35.3 Å². The van der Waals surface area contributed by atoms with Crippen LogP contribution in [-0.4, -0.2) is 33.8 Å². The second kappa shape index (κ2) is 8.15. The molecular weight excluding hydrogens is 354 g/mol. The van der Waals surface area contributed by atoms with Gasteiger partial charge in [-0.15, -0.1) is 11.6 Å². The largest absolute Gasteiger partial charge is 0.349 e. The van der Waals surface area contributed by atoms with Crippen molar-refractivity contribution in [3.05, 3.63) is 65.7 Å². The number of hydrogen-bond acceptors (Lipinski definition) is 2. The number of benzene rings is 2. The van der Waals surface area contributed by atoms with E-state index in [0.717, 1.165) is 11.1 Å². The molecule has 0 aliphatic heterocycles. The first-order valence-electron chi connectivity index (χ1n) is 8.12. The predicted molar refractivity (Wildman–Crippen MR) is 104 cm³/mol. The van der Waals surface area contributed by atoms with Crippen molar-refractivity contribution in [2.75, 3.05) is 14.1 Å². The van der Waals surface area contributed by atoms with Gasteiger partial charge in [-0.25, -0.2) is 0 Å². The normalized spacial score (nSPS) is 15.9. The fourth-order valence-corrected chi connectivity index (χ4v) is 4.48. The van der Waals surface area contributed by atoms with Crippen LogP contribution >= 0.6 is 11.6 Å². The fraction of sp³-hybridized carbons (Fsp3) is 0.350. The zero-order valence-corrected chi connectivity index (χ0v) is 16.6. The average molecular weight is 378 g/mol. The number of halogens is 1. The van der Waals surface area contributed by atoms with Crippen LogP contribution in [0, 0.1) is 6.92 Å². The molecule has 3 unspecified atom stereocenters. The summed E-state index contributed by atoms with van der Waals surface area (Å²) in [5.74, 6) is -0.0436. The van der Waals surface area contributed by atoms with E-state index < -0.39 is 20.9 Å². The Hall–Kier alpha value is -1.65. The zero-order valence-electron chi connectivity index (χ0n) is 15.0. The van der Waals surface area contributed by atoms with Gasteiger partial charge >= 0.3 is 0 Å². The molecule has 2 rings (SSSR count). The molecule has 3 atom stereocenters. The molecule has 1 amide bonds. The molecule has 134 valence electrons. The van der Waals surface area contributed by atoms with E-state index >= 15 is 0 Å². The fourth-order valence-electron chi connectivity index (χ4n) is 2.63. The van der Waals surface area contributed by atoms with Crippen LogP contribution < -0.4 is 0 Å². The molecule has 0 bridgehead atoms. The smallest absolute Gasteiger partial charge is 0.223 e. The Morgan fingerprint density at radius 2 is 1.68 bits per heavy atom. The van der Waals surface area contributed by atoms with Crippen LogP contribution in [-0.2, 0) is 21.0 Å². The van der Waals surface area contributed by atoms with E-state index in [1.807, 2.05) is 68.4 Å². The summed E-state index contributed by atoms with van der Waals surface area (Å²) in [6.45, 7) is 3.89. The number of rotatable bonds is 6. The third-order valence-electron chi connectivity index (χ3n) is 4.39. The molecule has 0 saturated carbocycles. The summed E-state index contributed by atoms with van der Waals surface area (Å²) in [5, 5.41) is 0. The van der Waals surface area contributed by atoms with Crippen molar-refractivity contribution in [3.63, 3.8) is 0 Å². The maximum absolute atomic E-state index is 13.1. The van der Waals surface area contributed by atoms with Crippen LogP contribution in [0.4, 0.5) is 0 Å². The molecule has 2 aromatic carbocycles. The van der Waals surface area contributed by atoms with Gasteiger partial charge in [-0.05, 0) is 24.6 Å². The van der Waals surface area contributed by atoms with E-state index in [4.69, 9.17) is 11.6 Å². The highest BCUT2D eigenvalue weighted by Gasteiger charge is 2.41. The molecule has 5 heteroatoms. The maximum Gasteiger partial charge on any atom is 0.223 e. The first-order chi connectivity index (χ1) is 11.8. The molecule has 0 radical (unpaired) electrons. The van der Waals surface area contributed by atoms with Crippen LogP contribution in [0.2, 0.25) is 0 Å². The van der Waals surface area contributed by atoms with E-state index in [0.29, 0.717) is 4.90 Å². The van der Waals surface area contributed by atoms with Crippen LogP contribution in [0.3, 0.4) is 0 Å². The SMILES string of the molecule is Cc1ccc(S(=O)C(Cl)C(C)(CC(=O)N(C)C)c2ccccc2)cc1. The van der Waals surface area contributed by atoms with E-state index in [1.165, 1.54) is 0 Å². The lowest BCUT2D eigenvalue weighted by Crippen LogP contribution is -2.41. The van der Waals surface area contributed by atoms with Crippen molar-refractivity contribution in [2.24, 2.45) is 0 Å². The number of nitrogens with zero attached hydrogens (tertiary/aromatic N) is 1. The molecule has 0 N–H and O–H groups in total. The van der Waals surface area contributed by atoms with Gasteiger partial charge in [0.1, 0.15) is 4.71 Å². The van der Waals surface area contributed by atoms with E-state index in [2.05, 4.69) is 0 Å². The lowest BCUT2D eigenvalue weighted by Gasteiger charge is -2.34. The lowest BCUT2D eigenvalue weighted by molar-refractivity contribution is -0.129. The first-order valence-corrected chi connectivity index (χ1v) is 9.77. The van der Waals surface area contributed by atoms with Gasteiger partial charge in [-0.1, -0.05) is 55.0 Å². The minimum atomic E-state index is -1.44. The summed E-state index contributed by atoms with van der Waals surface area (Å²) in [5.41, 5.74) is 1.26. The molecule has 0 heterocycles. The van der Waals surface area contributed by atoms with Crippen molar-refractivity contribution in [1.29, 1.82) is 0 Å². The standard InChI is InChI=1S/C20H24ClNO2S/c1-15-10-12-17(13-11-15)25(24)19(21)20(2,14-18(23)22(3)4)16-8-6-5-7-9-16/h5-13,19H,14H2,1-4H3. The number of alkyl halides is 1. The summed E-state index contributed by atoms with van der Waals surface area (Å²) in [6.07, 6.45) is 0.190. The summed E-state index contributed by atoms with van der Waals surface area (Å²) >= 11 is 6.73. The molecule has 0 spiro atoms. The molecule has 3 nitrogen and oxygen atoms in total. The Kier molecular flexibility index (Phi) is 6.42. The Bertz CT molecular complexity index is 746. The van der Waals surface area contributed by atoms with Gasteiger partial charge < -0.3 is 4.90 Å². The first kappa shape index (κ1) is 19.7. The summed E-state index contributed by atoms with van der Waals surface area (Å²) in [4.78, 5) is 14.6. The quantitative estimate of drug-likeness (QED) is 0.710. The highest BCUT2D eigenvalue weighted by molar-refractivity contribution is 7.87. The summed E-state index contributed by atoms with van der Waals surface area (Å²) in [6, 6.07) is 17.1. The van der Waals surface area contributed by atoms with Crippen LogP contribution in [0.5, 0.6) is 0 Å². The molecule has 2 aromatic rings. The topological polar surface area (TPSA) is 37.4 Å². The molecule has 25 heavy (non-hydrogen) atoms. The molecule has 0 saturated heterocycles. The second-order valence-electron chi connectivity index (χ2n) is 6.67. The number of amides is 1. The van der Waals surface area contributed by atoms with Crippen molar-refractivity contribution < 1.29 is 9.00 Å². The molecule has 0 aromatic heterocycles. The molecule has 0 aliphatic rings. The van der Waals surface area contributed by atoms with Crippen molar-refractivity contribution in [1.82, 2.24) is 4.90 Å². The van der Waals surface area contributed by atoms with Gasteiger partial charge in [-0.3, -0.25) is 9.00 Å². The van der Waals surface area contributed by atoms with E-state index in [9.17, 15) is 9.00 Å². The number of aryl methyl sites for hydroxylation is 1. The maximum atomic E-state index is 13.1. The number of carbonyl (C=O) groups is 1. The number of carbonyl (C=O) groups excluding carboxylic acids is 1. The second-order valence-corrected chi connectivity index (χ2v) is 8.91. The summed E-state index contributed by atoms with van der Waals surface area (Å²) in [7, 11) is 1.99. The minimum absolute atomic E-state index is 0.0436.